The van der Waals surface area contributed by atoms with Crippen LogP contribution in [0.5, 0.6) is 0 Å². The Hall–Kier alpha value is -1.34. The third-order valence-electron chi connectivity index (χ3n) is 2.15. The van der Waals surface area contributed by atoms with Gasteiger partial charge in [0.25, 0.3) is 0 Å². The molecule has 70 valence electrons. The lowest BCUT2D eigenvalue weighted by Gasteiger charge is -2.14. The van der Waals surface area contributed by atoms with Gasteiger partial charge < -0.3 is 5.11 Å². The largest absolute Gasteiger partial charge is 0.385 e. The molecule has 0 saturated carbocycles. The maximum Gasteiger partial charge on any atom is 0.111 e. The van der Waals surface area contributed by atoms with Crippen LogP contribution in [0.4, 0.5) is 0 Å². The summed E-state index contributed by atoms with van der Waals surface area (Å²) >= 11 is 0. The molecule has 0 radical (unpaired) electrons. The normalized spacial score (nSPS) is 14.9. The lowest BCUT2D eigenvalue weighted by molar-refractivity contribution is 0.124. The van der Waals surface area contributed by atoms with Crippen molar-refractivity contribution >= 4 is 0 Å². The summed E-state index contributed by atoms with van der Waals surface area (Å²) in [6.45, 7) is 1.88. The van der Waals surface area contributed by atoms with Crippen molar-refractivity contribution in [1.82, 2.24) is 9.78 Å². The maximum absolute atomic E-state index is 9.77. The Morgan fingerprint density at radius 1 is 1.77 bits per heavy atom. The van der Waals surface area contributed by atoms with Crippen LogP contribution in [0, 0.1) is 17.2 Å². The van der Waals surface area contributed by atoms with Gasteiger partial charge in [-0.15, -0.1) is 0 Å². The van der Waals surface area contributed by atoms with E-state index in [0.717, 1.165) is 0 Å². The van der Waals surface area contributed by atoms with Crippen molar-refractivity contribution < 1.29 is 5.11 Å². The highest BCUT2D eigenvalue weighted by Crippen LogP contribution is 2.22. The molecule has 2 atom stereocenters. The van der Waals surface area contributed by atoms with Crippen LogP contribution in [0.1, 0.15) is 25.1 Å². The molecule has 1 aromatic rings. The van der Waals surface area contributed by atoms with Crippen LogP contribution in [-0.2, 0) is 7.05 Å². The summed E-state index contributed by atoms with van der Waals surface area (Å²) < 4.78 is 1.59. The number of nitrogens with zero attached hydrogens (tertiary/aromatic N) is 3. The topological polar surface area (TPSA) is 61.8 Å². The van der Waals surface area contributed by atoms with Gasteiger partial charge in [0.2, 0.25) is 0 Å². The first-order valence-corrected chi connectivity index (χ1v) is 4.26. The molecule has 1 aromatic heterocycles. The highest BCUT2D eigenvalue weighted by atomic mass is 16.3. The number of hydrogen-bond donors (Lipinski definition) is 1. The van der Waals surface area contributed by atoms with E-state index in [-0.39, 0.29) is 5.92 Å². The number of aryl methyl sites for hydroxylation is 1. The molecule has 2 unspecified atom stereocenters. The van der Waals surface area contributed by atoms with E-state index in [0.29, 0.717) is 12.1 Å². The van der Waals surface area contributed by atoms with Gasteiger partial charge in [0.1, 0.15) is 6.10 Å². The van der Waals surface area contributed by atoms with Crippen molar-refractivity contribution in [2.75, 3.05) is 0 Å². The molecule has 0 amide bonds. The van der Waals surface area contributed by atoms with E-state index in [1.165, 1.54) is 0 Å². The maximum atomic E-state index is 9.77. The molecular formula is C9H13N3O. The molecule has 0 bridgehead atoms. The fourth-order valence-electron chi connectivity index (χ4n) is 1.27. The zero-order chi connectivity index (χ0) is 9.84. The number of aromatic nitrogens is 2. The Morgan fingerprint density at radius 3 is 2.85 bits per heavy atom. The number of aliphatic hydroxyl groups excluding tert-OH is 1. The third kappa shape index (κ3) is 1.87. The minimum atomic E-state index is -0.734. The molecule has 0 saturated heterocycles. The van der Waals surface area contributed by atoms with Crippen LogP contribution in [0.2, 0.25) is 0 Å². The van der Waals surface area contributed by atoms with Gasteiger partial charge in [0, 0.05) is 13.2 Å². The van der Waals surface area contributed by atoms with E-state index in [2.05, 4.69) is 11.2 Å². The molecule has 4 heteroatoms. The average Bonchev–Trinajstić information content (AvgIpc) is 2.53. The van der Waals surface area contributed by atoms with Crippen LogP contribution in [0.15, 0.2) is 12.3 Å². The van der Waals surface area contributed by atoms with E-state index in [1.807, 2.05) is 6.92 Å². The highest BCUT2D eigenvalue weighted by Gasteiger charge is 2.20. The third-order valence-corrected chi connectivity index (χ3v) is 2.15. The Bertz CT molecular complexity index is 313. The van der Waals surface area contributed by atoms with Crippen molar-refractivity contribution in [3.63, 3.8) is 0 Å². The van der Waals surface area contributed by atoms with Gasteiger partial charge >= 0.3 is 0 Å². The van der Waals surface area contributed by atoms with Gasteiger partial charge in [-0.2, -0.15) is 10.4 Å². The van der Waals surface area contributed by atoms with Crippen molar-refractivity contribution in [3.05, 3.63) is 18.0 Å². The molecule has 13 heavy (non-hydrogen) atoms. The van der Waals surface area contributed by atoms with Gasteiger partial charge in [-0.25, -0.2) is 0 Å². The van der Waals surface area contributed by atoms with E-state index in [1.54, 1.807) is 24.0 Å². The number of nitriles is 1. The van der Waals surface area contributed by atoms with Crippen LogP contribution in [0.3, 0.4) is 0 Å². The van der Waals surface area contributed by atoms with E-state index >= 15 is 0 Å². The van der Waals surface area contributed by atoms with Gasteiger partial charge in [-0.05, 0) is 12.5 Å². The summed E-state index contributed by atoms with van der Waals surface area (Å²) in [4.78, 5) is 0. The zero-order valence-corrected chi connectivity index (χ0v) is 7.81. The molecular weight excluding hydrogens is 166 g/mol. The second kappa shape index (κ2) is 4.06. The van der Waals surface area contributed by atoms with Gasteiger partial charge in [0.15, 0.2) is 0 Å². The standard InChI is InChI=1S/C9H13N3O/c1-3-7(6-10)9(13)8-4-5-11-12(8)2/h4-5,7,9,13H,3H2,1-2H3. The minimum absolute atomic E-state index is 0.351. The van der Waals surface area contributed by atoms with E-state index in [4.69, 9.17) is 5.26 Å². The van der Waals surface area contributed by atoms with Crippen LogP contribution in [-0.4, -0.2) is 14.9 Å². The smallest absolute Gasteiger partial charge is 0.111 e. The molecule has 0 aliphatic carbocycles. The van der Waals surface area contributed by atoms with Crippen LogP contribution < -0.4 is 0 Å². The predicted molar refractivity (Wildman–Crippen MR) is 47.6 cm³/mol. The zero-order valence-electron chi connectivity index (χ0n) is 7.81. The number of hydrogen-bond acceptors (Lipinski definition) is 3. The summed E-state index contributed by atoms with van der Waals surface area (Å²) in [6.07, 6.45) is 1.52. The van der Waals surface area contributed by atoms with Gasteiger partial charge in [-0.3, -0.25) is 4.68 Å². The molecule has 0 aliphatic heterocycles. The number of rotatable bonds is 3. The van der Waals surface area contributed by atoms with E-state index in [9.17, 15) is 5.11 Å². The lowest BCUT2D eigenvalue weighted by Crippen LogP contribution is -2.13. The summed E-state index contributed by atoms with van der Waals surface area (Å²) in [5.74, 6) is -0.351. The molecule has 0 spiro atoms. The molecule has 0 aliphatic rings. The van der Waals surface area contributed by atoms with Crippen LogP contribution in [0.25, 0.3) is 0 Å². The Balaban J connectivity index is 2.85. The fraction of sp³-hybridized carbons (Fsp3) is 0.556. The Labute approximate surface area is 77.4 Å². The molecule has 0 aromatic carbocycles. The Kier molecular flexibility index (Phi) is 3.04. The summed E-state index contributed by atoms with van der Waals surface area (Å²) in [7, 11) is 1.75. The average molecular weight is 179 g/mol. The molecule has 1 heterocycles. The summed E-state index contributed by atoms with van der Waals surface area (Å²) in [5.41, 5.74) is 0.688. The first-order valence-electron chi connectivity index (χ1n) is 4.26. The second-order valence-corrected chi connectivity index (χ2v) is 2.97. The molecule has 1 N–H and O–H groups in total. The summed E-state index contributed by atoms with van der Waals surface area (Å²) in [6, 6.07) is 3.80. The van der Waals surface area contributed by atoms with Gasteiger partial charge in [-0.1, -0.05) is 6.92 Å². The van der Waals surface area contributed by atoms with E-state index < -0.39 is 6.10 Å². The van der Waals surface area contributed by atoms with Gasteiger partial charge in [0.05, 0.1) is 17.7 Å². The van der Waals surface area contributed by atoms with Crippen LogP contribution >= 0.6 is 0 Å². The first kappa shape index (κ1) is 9.75. The van der Waals surface area contributed by atoms with Crippen molar-refractivity contribution in [2.24, 2.45) is 13.0 Å². The van der Waals surface area contributed by atoms with Crippen molar-refractivity contribution in [1.29, 1.82) is 5.26 Å². The monoisotopic (exact) mass is 179 g/mol. The summed E-state index contributed by atoms with van der Waals surface area (Å²) in [5, 5.41) is 22.4. The first-order chi connectivity index (χ1) is 6.20. The minimum Gasteiger partial charge on any atom is -0.385 e. The molecule has 4 nitrogen and oxygen atoms in total. The van der Waals surface area contributed by atoms with Crippen molar-refractivity contribution in [3.8, 4) is 6.07 Å². The fourth-order valence-corrected chi connectivity index (χ4v) is 1.27. The lowest BCUT2D eigenvalue weighted by atomic mass is 9.99. The SMILES string of the molecule is CCC(C#N)C(O)c1ccnn1C. The van der Waals surface area contributed by atoms with Crippen molar-refractivity contribution in [2.45, 2.75) is 19.4 Å². The Morgan fingerprint density at radius 2 is 2.46 bits per heavy atom. The molecule has 0 fully saturated rings. The predicted octanol–water partition coefficient (Wildman–Crippen LogP) is 1.00. The molecule has 1 rings (SSSR count). The quantitative estimate of drug-likeness (QED) is 0.753. The second-order valence-electron chi connectivity index (χ2n) is 2.97. The highest BCUT2D eigenvalue weighted by molar-refractivity contribution is 5.08. The number of aliphatic hydroxyl groups is 1.